The van der Waals surface area contributed by atoms with E-state index in [1.807, 2.05) is 56.3 Å². The maximum Gasteiger partial charge on any atom is 0.293 e. The van der Waals surface area contributed by atoms with Gasteiger partial charge in [0.15, 0.2) is 0 Å². The van der Waals surface area contributed by atoms with E-state index >= 15 is 0 Å². The van der Waals surface area contributed by atoms with Gasteiger partial charge in [0, 0.05) is 17.7 Å². The summed E-state index contributed by atoms with van der Waals surface area (Å²) < 4.78 is 11.1. The molecule has 0 saturated heterocycles. The quantitative estimate of drug-likeness (QED) is 0.430. The second-order valence-corrected chi connectivity index (χ2v) is 7.36. The molecule has 0 fully saturated rings. The van der Waals surface area contributed by atoms with Crippen LogP contribution >= 0.6 is 11.6 Å². The Hall–Kier alpha value is -3.45. The first-order valence-corrected chi connectivity index (χ1v) is 9.81. The van der Waals surface area contributed by atoms with Crippen LogP contribution in [-0.2, 0) is 6.54 Å². The first-order valence-electron chi connectivity index (χ1n) is 9.43. The van der Waals surface area contributed by atoms with Crippen LogP contribution in [0.5, 0.6) is 0 Å². The SMILES string of the molecule is CC(C)N(Cc1nnc(-c2ccccc2Cl)o1)C(=O)c1cc(-c2ccccc2)no1. The summed E-state index contributed by atoms with van der Waals surface area (Å²) in [4.78, 5) is 14.6. The summed E-state index contributed by atoms with van der Waals surface area (Å²) in [6.07, 6.45) is 0. The van der Waals surface area contributed by atoms with E-state index in [2.05, 4.69) is 15.4 Å². The Morgan fingerprint density at radius 2 is 1.80 bits per heavy atom. The van der Waals surface area contributed by atoms with E-state index in [1.165, 1.54) is 0 Å². The Kier molecular flexibility index (Phi) is 5.63. The summed E-state index contributed by atoms with van der Waals surface area (Å²) in [6, 6.07) is 18.2. The lowest BCUT2D eigenvalue weighted by atomic mass is 10.1. The van der Waals surface area contributed by atoms with Gasteiger partial charge in [-0.05, 0) is 26.0 Å². The van der Waals surface area contributed by atoms with Gasteiger partial charge in [-0.3, -0.25) is 4.79 Å². The van der Waals surface area contributed by atoms with E-state index in [0.29, 0.717) is 28.1 Å². The maximum absolute atomic E-state index is 13.0. The summed E-state index contributed by atoms with van der Waals surface area (Å²) in [5.41, 5.74) is 2.11. The van der Waals surface area contributed by atoms with Crippen LogP contribution in [0.4, 0.5) is 0 Å². The fraction of sp³-hybridized carbons (Fsp3) is 0.182. The molecule has 152 valence electrons. The zero-order chi connectivity index (χ0) is 21.1. The lowest BCUT2D eigenvalue weighted by Crippen LogP contribution is -2.36. The van der Waals surface area contributed by atoms with Crippen LogP contribution in [0.25, 0.3) is 22.7 Å². The van der Waals surface area contributed by atoms with Crippen LogP contribution in [0.15, 0.2) is 69.6 Å². The average Bonchev–Trinajstić information content (AvgIpc) is 3.42. The highest BCUT2D eigenvalue weighted by Crippen LogP contribution is 2.27. The molecule has 2 aromatic heterocycles. The topological polar surface area (TPSA) is 85.3 Å². The van der Waals surface area contributed by atoms with E-state index in [0.717, 1.165) is 5.56 Å². The van der Waals surface area contributed by atoms with Gasteiger partial charge in [0.2, 0.25) is 17.5 Å². The van der Waals surface area contributed by atoms with Crippen LogP contribution in [0.1, 0.15) is 30.3 Å². The molecule has 0 aliphatic carbocycles. The van der Waals surface area contributed by atoms with Gasteiger partial charge < -0.3 is 13.8 Å². The third-order valence-electron chi connectivity index (χ3n) is 4.55. The smallest absolute Gasteiger partial charge is 0.293 e. The van der Waals surface area contributed by atoms with Gasteiger partial charge in [0.05, 0.1) is 17.1 Å². The number of aromatic nitrogens is 3. The van der Waals surface area contributed by atoms with Crippen molar-refractivity contribution in [2.45, 2.75) is 26.4 Å². The lowest BCUT2D eigenvalue weighted by Gasteiger charge is -2.23. The number of rotatable bonds is 6. The molecule has 2 aromatic carbocycles. The third kappa shape index (κ3) is 4.11. The Morgan fingerprint density at radius 3 is 2.53 bits per heavy atom. The number of hydrogen-bond acceptors (Lipinski definition) is 6. The van der Waals surface area contributed by atoms with Crippen LogP contribution in [0.3, 0.4) is 0 Å². The molecule has 0 atom stereocenters. The average molecular weight is 423 g/mol. The minimum absolute atomic E-state index is 0.126. The van der Waals surface area contributed by atoms with Crippen molar-refractivity contribution in [1.82, 2.24) is 20.3 Å². The lowest BCUT2D eigenvalue weighted by molar-refractivity contribution is 0.0630. The highest BCUT2D eigenvalue weighted by Gasteiger charge is 2.25. The Labute approximate surface area is 178 Å². The summed E-state index contributed by atoms with van der Waals surface area (Å²) in [5, 5.41) is 12.7. The van der Waals surface area contributed by atoms with Gasteiger partial charge in [0.1, 0.15) is 5.69 Å². The predicted molar refractivity (Wildman–Crippen MR) is 112 cm³/mol. The molecule has 0 aliphatic heterocycles. The van der Waals surface area contributed by atoms with Gasteiger partial charge in [-0.15, -0.1) is 10.2 Å². The second kappa shape index (κ2) is 8.51. The van der Waals surface area contributed by atoms with Gasteiger partial charge in [-0.1, -0.05) is 59.2 Å². The summed E-state index contributed by atoms with van der Waals surface area (Å²) in [6.45, 7) is 3.94. The molecule has 2 heterocycles. The Bertz CT molecular complexity index is 1150. The number of nitrogens with zero attached hydrogens (tertiary/aromatic N) is 4. The van der Waals surface area contributed by atoms with Crippen LogP contribution in [0.2, 0.25) is 5.02 Å². The van der Waals surface area contributed by atoms with E-state index in [4.69, 9.17) is 20.5 Å². The molecule has 7 nitrogen and oxygen atoms in total. The third-order valence-corrected chi connectivity index (χ3v) is 4.88. The Balaban J connectivity index is 1.54. The van der Waals surface area contributed by atoms with Gasteiger partial charge >= 0.3 is 0 Å². The molecule has 0 saturated carbocycles. The van der Waals surface area contributed by atoms with Crippen molar-refractivity contribution in [1.29, 1.82) is 0 Å². The van der Waals surface area contributed by atoms with Crippen molar-refractivity contribution >= 4 is 17.5 Å². The number of benzene rings is 2. The molecule has 0 N–H and O–H groups in total. The number of carbonyl (C=O) groups excluding carboxylic acids is 1. The fourth-order valence-electron chi connectivity index (χ4n) is 2.96. The Morgan fingerprint density at radius 1 is 1.07 bits per heavy atom. The molecule has 8 heteroatoms. The zero-order valence-corrected chi connectivity index (χ0v) is 17.2. The molecular weight excluding hydrogens is 404 g/mol. The second-order valence-electron chi connectivity index (χ2n) is 6.95. The number of halogens is 1. The maximum atomic E-state index is 13.0. The molecular formula is C22H19ClN4O3. The molecule has 4 rings (SSSR count). The van der Waals surface area contributed by atoms with Crippen LogP contribution < -0.4 is 0 Å². The minimum Gasteiger partial charge on any atom is -0.419 e. The highest BCUT2D eigenvalue weighted by molar-refractivity contribution is 6.33. The molecule has 1 amide bonds. The van der Waals surface area contributed by atoms with E-state index < -0.39 is 0 Å². The van der Waals surface area contributed by atoms with E-state index in [9.17, 15) is 4.79 Å². The molecule has 0 bridgehead atoms. The van der Waals surface area contributed by atoms with Crippen molar-refractivity contribution in [3.8, 4) is 22.7 Å². The molecule has 0 unspecified atom stereocenters. The van der Waals surface area contributed by atoms with Gasteiger partial charge in [-0.2, -0.15) is 0 Å². The molecule has 4 aromatic rings. The van der Waals surface area contributed by atoms with Crippen molar-refractivity contribution in [2.75, 3.05) is 0 Å². The normalized spacial score (nSPS) is 11.1. The van der Waals surface area contributed by atoms with Gasteiger partial charge in [-0.25, -0.2) is 0 Å². The zero-order valence-electron chi connectivity index (χ0n) is 16.4. The van der Waals surface area contributed by atoms with Crippen LogP contribution in [0, 0.1) is 0 Å². The molecule has 0 aliphatic rings. The van der Waals surface area contributed by atoms with E-state index in [-0.39, 0.29) is 24.3 Å². The van der Waals surface area contributed by atoms with Crippen LogP contribution in [-0.4, -0.2) is 32.2 Å². The molecule has 0 spiro atoms. The van der Waals surface area contributed by atoms with E-state index in [1.54, 1.807) is 23.1 Å². The summed E-state index contributed by atoms with van der Waals surface area (Å²) in [7, 11) is 0. The number of hydrogen-bond donors (Lipinski definition) is 0. The first-order chi connectivity index (χ1) is 14.5. The summed E-state index contributed by atoms with van der Waals surface area (Å²) in [5.74, 6) is 0.443. The fourth-order valence-corrected chi connectivity index (χ4v) is 3.17. The minimum atomic E-state index is -0.308. The van der Waals surface area contributed by atoms with Crippen molar-refractivity contribution in [2.24, 2.45) is 0 Å². The number of carbonyl (C=O) groups is 1. The first kappa shape index (κ1) is 19.8. The van der Waals surface area contributed by atoms with Crippen molar-refractivity contribution in [3.63, 3.8) is 0 Å². The van der Waals surface area contributed by atoms with Gasteiger partial charge in [0.25, 0.3) is 5.91 Å². The van der Waals surface area contributed by atoms with Crippen molar-refractivity contribution in [3.05, 3.63) is 77.3 Å². The monoisotopic (exact) mass is 422 g/mol. The molecule has 0 radical (unpaired) electrons. The predicted octanol–water partition coefficient (Wildman–Crippen LogP) is 5.10. The number of amides is 1. The largest absolute Gasteiger partial charge is 0.419 e. The summed E-state index contributed by atoms with van der Waals surface area (Å²) >= 11 is 6.20. The van der Waals surface area contributed by atoms with Crippen molar-refractivity contribution < 1.29 is 13.7 Å². The highest BCUT2D eigenvalue weighted by atomic mass is 35.5. The molecule has 30 heavy (non-hydrogen) atoms. The standard InChI is InChI=1S/C22H19ClN4O3/c1-14(2)27(13-20-24-25-21(29-20)16-10-6-7-11-17(16)23)22(28)19-12-18(26-30-19)15-8-4-3-5-9-15/h3-12,14H,13H2,1-2H3.